The third-order valence-electron chi connectivity index (χ3n) is 5.41. The molecule has 0 aliphatic carbocycles. The third-order valence-corrected chi connectivity index (χ3v) is 5.65. The molecule has 0 aromatic heterocycles. The average Bonchev–Trinajstić information content (AvgIpc) is 2.85. The molecule has 3 aromatic carbocycles. The van der Waals surface area contributed by atoms with E-state index in [4.69, 9.17) is 16.3 Å². The zero-order valence-electron chi connectivity index (χ0n) is 19.9. The lowest BCUT2D eigenvalue weighted by atomic mass is 10.0. The topological polar surface area (TPSA) is 58.6 Å². The van der Waals surface area contributed by atoms with Gasteiger partial charge in [0.05, 0.1) is 0 Å². The van der Waals surface area contributed by atoms with Gasteiger partial charge in [-0.25, -0.2) is 4.39 Å². The predicted molar refractivity (Wildman–Crippen MR) is 136 cm³/mol. The summed E-state index contributed by atoms with van der Waals surface area (Å²) in [6.45, 7) is 4.06. The second kappa shape index (κ2) is 12.9. The highest BCUT2D eigenvalue weighted by Gasteiger charge is 2.31. The molecule has 0 saturated heterocycles. The zero-order valence-corrected chi connectivity index (χ0v) is 20.7. The van der Waals surface area contributed by atoms with Crippen molar-refractivity contribution >= 4 is 23.4 Å². The largest absolute Gasteiger partial charge is 0.484 e. The summed E-state index contributed by atoms with van der Waals surface area (Å²) in [7, 11) is 0. The molecular weight excluding hydrogens is 467 g/mol. The average molecular weight is 497 g/mol. The van der Waals surface area contributed by atoms with Crippen LogP contribution in [0, 0.1) is 11.7 Å². The Morgan fingerprint density at radius 1 is 1.00 bits per heavy atom. The number of hydrogen-bond donors (Lipinski definition) is 1. The predicted octanol–water partition coefficient (Wildman–Crippen LogP) is 5.27. The number of amides is 2. The van der Waals surface area contributed by atoms with Crippen LogP contribution in [0.2, 0.25) is 5.02 Å². The van der Waals surface area contributed by atoms with Crippen LogP contribution in [0.15, 0.2) is 78.9 Å². The Labute approximate surface area is 210 Å². The van der Waals surface area contributed by atoms with Crippen LogP contribution >= 0.6 is 11.6 Å². The smallest absolute Gasteiger partial charge is 0.261 e. The van der Waals surface area contributed by atoms with Crippen molar-refractivity contribution < 1.29 is 18.7 Å². The van der Waals surface area contributed by atoms with Crippen molar-refractivity contribution in [2.75, 3.05) is 13.2 Å². The molecule has 2 amide bonds. The van der Waals surface area contributed by atoms with Gasteiger partial charge < -0.3 is 15.0 Å². The molecule has 7 heteroatoms. The second-order valence-corrected chi connectivity index (χ2v) is 9.14. The molecular formula is C28H30ClFN2O3. The summed E-state index contributed by atoms with van der Waals surface area (Å²) in [4.78, 5) is 28.2. The van der Waals surface area contributed by atoms with E-state index < -0.39 is 17.8 Å². The Balaban J connectivity index is 1.91. The summed E-state index contributed by atoms with van der Waals surface area (Å²) in [6, 6.07) is 21.5. The van der Waals surface area contributed by atoms with E-state index in [-0.39, 0.29) is 31.4 Å². The first-order valence-corrected chi connectivity index (χ1v) is 11.9. The van der Waals surface area contributed by atoms with E-state index in [1.54, 1.807) is 42.5 Å². The molecule has 0 aliphatic rings. The molecule has 0 fully saturated rings. The Hall–Kier alpha value is -3.38. The maximum Gasteiger partial charge on any atom is 0.261 e. The lowest BCUT2D eigenvalue weighted by Crippen LogP contribution is -2.52. The molecule has 0 heterocycles. The maximum atomic E-state index is 14.6. The summed E-state index contributed by atoms with van der Waals surface area (Å²) in [5.41, 5.74) is 1.21. The number of halogens is 2. The Morgan fingerprint density at radius 2 is 1.71 bits per heavy atom. The van der Waals surface area contributed by atoms with Gasteiger partial charge in [0, 0.05) is 30.1 Å². The summed E-state index contributed by atoms with van der Waals surface area (Å²) < 4.78 is 20.2. The molecule has 5 nitrogen and oxygen atoms in total. The van der Waals surface area contributed by atoms with E-state index in [9.17, 15) is 14.0 Å². The SMILES string of the molecule is CC(C)CNC(=O)[C@H](Cc1ccccc1)N(Cc1ccccc1F)C(=O)COc1cccc(Cl)c1. The molecule has 0 bridgehead atoms. The molecule has 0 radical (unpaired) electrons. The van der Waals surface area contributed by atoms with Gasteiger partial charge in [-0.1, -0.05) is 80.0 Å². The lowest BCUT2D eigenvalue weighted by molar-refractivity contribution is -0.142. The first-order valence-electron chi connectivity index (χ1n) is 11.6. The van der Waals surface area contributed by atoms with Crippen LogP contribution in [0.5, 0.6) is 5.75 Å². The Kier molecular flexibility index (Phi) is 9.67. The molecule has 1 N–H and O–H groups in total. The standard InChI is InChI=1S/C28H30ClFN2O3/c1-20(2)17-31-28(34)26(15-21-9-4-3-5-10-21)32(18-22-11-6-7-14-25(22)30)27(33)19-35-24-13-8-12-23(29)16-24/h3-14,16,20,26H,15,17-19H2,1-2H3,(H,31,34)/t26-/m0/s1. The van der Waals surface area contributed by atoms with E-state index in [0.717, 1.165) is 5.56 Å². The number of rotatable bonds is 11. The minimum atomic E-state index is -0.855. The molecule has 35 heavy (non-hydrogen) atoms. The van der Waals surface area contributed by atoms with E-state index in [0.29, 0.717) is 22.9 Å². The monoisotopic (exact) mass is 496 g/mol. The molecule has 3 aromatic rings. The first kappa shape index (κ1) is 26.2. The van der Waals surface area contributed by atoms with Crippen LogP contribution in [-0.2, 0) is 22.6 Å². The quantitative estimate of drug-likeness (QED) is 0.393. The highest BCUT2D eigenvalue weighted by molar-refractivity contribution is 6.30. The van der Waals surface area contributed by atoms with Crippen molar-refractivity contribution in [3.8, 4) is 5.75 Å². The van der Waals surface area contributed by atoms with Gasteiger partial charge in [0.2, 0.25) is 5.91 Å². The Morgan fingerprint density at radius 3 is 2.40 bits per heavy atom. The van der Waals surface area contributed by atoms with Crippen LogP contribution in [-0.4, -0.2) is 35.9 Å². The van der Waals surface area contributed by atoms with Gasteiger partial charge in [0.1, 0.15) is 17.6 Å². The summed E-state index contributed by atoms with van der Waals surface area (Å²) >= 11 is 6.02. The zero-order chi connectivity index (χ0) is 25.2. The molecule has 0 aliphatic heterocycles. The van der Waals surface area contributed by atoms with Crippen molar-refractivity contribution in [1.82, 2.24) is 10.2 Å². The van der Waals surface area contributed by atoms with Gasteiger partial charge in [-0.15, -0.1) is 0 Å². The molecule has 0 unspecified atom stereocenters. The van der Waals surface area contributed by atoms with Crippen LogP contribution in [0.3, 0.4) is 0 Å². The highest BCUT2D eigenvalue weighted by atomic mass is 35.5. The van der Waals surface area contributed by atoms with Crippen LogP contribution in [0.4, 0.5) is 4.39 Å². The van der Waals surface area contributed by atoms with Gasteiger partial charge in [0.15, 0.2) is 6.61 Å². The third kappa shape index (κ3) is 8.11. The number of benzene rings is 3. The van der Waals surface area contributed by atoms with E-state index >= 15 is 0 Å². The lowest BCUT2D eigenvalue weighted by Gasteiger charge is -2.31. The first-order chi connectivity index (χ1) is 16.8. The van der Waals surface area contributed by atoms with Gasteiger partial charge in [-0.05, 0) is 35.7 Å². The molecule has 184 valence electrons. The van der Waals surface area contributed by atoms with Crippen molar-refractivity contribution in [2.24, 2.45) is 5.92 Å². The fourth-order valence-corrected chi connectivity index (χ4v) is 3.75. The molecule has 0 saturated carbocycles. The van der Waals surface area contributed by atoms with E-state index in [1.807, 2.05) is 44.2 Å². The summed E-state index contributed by atoms with van der Waals surface area (Å²) in [6.07, 6.45) is 0.280. The second-order valence-electron chi connectivity index (χ2n) is 8.70. The van der Waals surface area contributed by atoms with Gasteiger partial charge >= 0.3 is 0 Å². The van der Waals surface area contributed by atoms with Crippen molar-refractivity contribution in [2.45, 2.75) is 32.9 Å². The molecule has 1 atom stereocenters. The maximum absolute atomic E-state index is 14.6. The molecule has 0 spiro atoms. The summed E-state index contributed by atoms with van der Waals surface area (Å²) in [5, 5.41) is 3.41. The number of carbonyl (C=O) groups is 2. The number of ether oxygens (including phenoxy) is 1. The van der Waals surface area contributed by atoms with Gasteiger partial charge in [-0.2, -0.15) is 0 Å². The number of nitrogens with zero attached hydrogens (tertiary/aromatic N) is 1. The fraction of sp³-hybridized carbons (Fsp3) is 0.286. The van der Waals surface area contributed by atoms with E-state index in [1.165, 1.54) is 11.0 Å². The number of carbonyl (C=O) groups excluding carboxylic acids is 2. The van der Waals surface area contributed by atoms with Crippen molar-refractivity contribution in [1.29, 1.82) is 0 Å². The Bertz CT molecular complexity index is 1120. The normalized spacial score (nSPS) is 11.7. The van der Waals surface area contributed by atoms with Crippen molar-refractivity contribution in [3.63, 3.8) is 0 Å². The van der Waals surface area contributed by atoms with Crippen molar-refractivity contribution in [3.05, 3.63) is 101 Å². The molecule has 3 rings (SSSR count). The van der Waals surface area contributed by atoms with Gasteiger partial charge in [-0.3, -0.25) is 9.59 Å². The van der Waals surface area contributed by atoms with E-state index in [2.05, 4.69) is 5.32 Å². The van der Waals surface area contributed by atoms with Crippen LogP contribution in [0.25, 0.3) is 0 Å². The van der Waals surface area contributed by atoms with Crippen LogP contribution in [0.1, 0.15) is 25.0 Å². The minimum Gasteiger partial charge on any atom is -0.484 e. The number of nitrogens with one attached hydrogen (secondary N) is 1. The van der Waals surface area contributed by atoms with Gasteiger partial charge in [0.25, 0.3) is 5.91 Å². The highest BCUT2D eigenvalue weighted by Crippen LogP contribution is 2.19. The van der Waals surface area contributed by atoms with Crippen LogP contribution < -0.4 is 10.1 Å². The fourth-order valence-electron chi connectivity index (χ4n) is 3.57. The summed E-state index contributed by atoms with van der Waals surface area (Å²) in [5.74, 6) is -0.510. The minimum absolute atomic E-state index is 0.0724. The number of hydrogen-bond acceptors (Lipinski definition) is 3.